The molecule has 1 N–H and O–H groups in total. The van der Waals surface area contributed by atoms with Crippen LogP contribution >= 0.6 is 0 Å². The molecular formula is C39H41FN8O2. The lowest BCUT2D eigenvalue weighted by molar-refractivity contribution is -0.134. The zero-order chi connectivity index (χ0) is 34.2. The van der Waals surface area contributed by atoms with Gasteiger partial charge in [0.05, 0.1) is 23.9 Å². The van der Waals surface area contributed by atoms with E-state index in [4.69, 9.17) is 10.1 Å². The van der Waals surface area contributed by atoms with E-state index < -0.39 is 0 Å². The van der Waals surface area contributed by atoms with Crippen molar-refractivity contribution in [1.82, 2.24) is 29.8 Å². The Bertz CT molecular complexity index is 2020. The molecule has 256 valence electrons. The number of aromatic nitrogens is 4. The summed E-state index contributed by atoms with van der Waals surface area (Å²) in [5.74, 6) is 0.936. The van der Waals surface area contributed by atoms with Gasteiger partial charge in [0.1, 0.15) is 23.1 Å². The van der Waals surface area contributed by atoms with Crippen LogP contribution in [0.5, 0.6) is 0 Å². The van der Waals surface area contributed by atoms with Crippen molar-refractivity contribution in [1.29, 1.82) is 0 Å². The number of carbonyl (C=O) groups excluding carboxylic acids is 2. The van der Waals surface area contributed by atoms with E-state index in [9.17, 15) is 14.0 Å². The van der Waals surface area contributed by atoms with Crippen molar-refractivity contribution in [3.05, 3.63) is 108 Å². The number of amides is 2. The molecular weight excluding hydrogens is 631 g/mol. The van der Waals surface area contributed by atoms with Crippen LogP contribution in [0, 0.1) is 5.82 Å². The zero-order valence-corrected chi connectivity index (χ0v) is 28.2. The Morgan fingerprint density at radius 2 is 1.70 bits per heavy atom. The molecule has 3 aliphatic rings. The quantitative estimate of drug-likeness (QED) is 0.204. The maximum absolute atomic E-state index is 14.1. The van der Waals surface area contributed by atoms with Gasteiger partial charge >= 0.3 is 0 Å². The van der Waals surface area contributed by atoms with E-state index in [0.717, 1.165) is 91.7 Å². The number of rotatable bonds is 8. The average molecular weight is 673 g/mol. The number of imidazole rings is 1. The minimum Gasteiger partial charge on any atom is -0.356 e. The van der Waals surface area contributed by atoms with Gasteiger partial charge in [0.15, 0.2) is 5.65 Å². The number of anilines is 2. The molecule has 0 spiro atoms. The number of fused-ring (bicyclic) bond motifs is 1. The molecule has 0 aliphatic carbocycles. The van der Waals surface area contributed by atoms with Gasteiger partial charge in [-0.3, -0.25) is 19.8 Å². The van der Waals surface area contributed by atoms with Crippen molar-refractivity contribution in [2.45, 2.75) is 63.1 Å². The zero-order valence-electron chi connectivity index (χ0n) is 28.2. The van der Waals surface area contributed by atoms with Crippen LogP contribution in [0.2, 0.25) is 0 Å². The van der Waals surface area contributed by atoms with Crippen molar-refractivity contribution in [2.75, 3.05) is 36.5 Å². The molecule has 8 rings (SSSR count). The summed E-state index contributed by atoms with van der Waals surface area (Å²) in [4.78, 5) is 40.6. The van der Waals surface area contributed by atoms with Crippen molar-refractivity contribution in [3.63, 3.8) is 0 Å². The molecule has 3 aliphatic heterocycles. The van der Waals surface area contributed by atoms with Gasteiger partial charge in [-0.1, -0.05) is 42.5 Å². The van der Waals surface area contributed by atoms with Crippen molar-refractivity contribution >= 4 is 29.1 Å². The second kappa shape index (κ2) is 13.6. The van der Waals surface area contributed by atoms with E-state index in [1.807, 2.05) is 47.1 Å². The summed E-state index contributed by atoms with van der Waals surface area (Å²) >= 11 is 0. The third-order valence-corrected chi connectivity index (χ3v) is 10.6. The fourth-order valence-electron chi connectivity index (χ4n) is 7.85. The molecule has 0 bridgehead atoms. The lowest BCUT2D eigenvalue weighted by Gasteiger charge is -2.37. The lowest BCUT2D eigenvalue weighted by Crippen LogP contribution is -2.43. The normalized spacial score (nSPS) is 20.2. The third kappa shape index (κ3) is 6.45. The highest BCUT2D eigenvalue weighted by Gasteiger charge is 2.30. The Balaban J connectivity index is 0.920. The number of benzene rings is 2. The highest BCUT2D eigenvalue weighted by atomic mass is 19.1. The molecule has 0 radical (unpaired) electrons. The second-order valence-electron chi connectivity index (χ2n) is 13.8. The average Bonchev–Trinajstić information content (AvgIpc) is 3.80. The number of nitrogens with one attached hydrogen (secondary N) is 1. The highest BCUT2D eigenvalue weighted by molar-refractivity contribution is 6.00. The summed E-state index contributed by atoms with van der Waals surface area (Å²) in [5.41, 5.74) is 5.56. The van der Waals surface area contributed by atoms with Gasteiger partial charge in [0, 0.05) is 38.6 Å². The number of hydrogen-bond acceptors (Lipinski definition) is 8. The van der Waals surface area contributed by atoms with E-state index in [1.165, 1.54) is 11.6 Å². The van der Waals surface area contributed by atoms with Gasteiger partial charge in [-0.05, 0) is 92.2 Å². The third-order valence-electron chi connectivity index (χ3n) is 10.6. The summed E-state index contributed by atoms with van der Waals surface area (Å²) in [6, 6.07) is 25.8. The van der Waals surface area contributed by atoms with Crippen LogP contribution < -0.4 is 15.1 Å². The Morgan fingerprint density at radius 3 is 2.50 bits per heavy atom. The van der Waals surface area contributed by atoms with Crippen LogP contribution in [-0.2, 0) is 16.1 Å². The van der Waals surface area contributed by atoms with Crippen LogP contribution in [0.4, 0.5) is 16.0 Å². The van der Waals surface area contributed by atoms with Gasteiger partial charge < -0.3 is 9.80 Å². The predicted molar refractivity (Wildman–Crippen MR) is 190 cm³/mol. The Kier molecular flexibility index (Phi) is 8.74. The number of hydrogen-bond donors (Lipinski definition) is 1. The summed E-state index contributed by atoms with van der Waals surface area (Å²) in [5, 5.41) is 7.49. The van der Waals surface area contributed by atoms with E-state index in [2.05, 4.69) is 56.3 Å². The van der Waals surface area contributed by atoms with Crippen LogP contribution in [0.15, 0.2) is 85.1 Å². The fraction of sp³-hybridized carbons (Fsp3) is 0.359. The Hall–Kier alpha value is -5.16. The minimum absolute atomic E-state index is 0.0802. The maximum atomic E-state index is 14.1. The van der Waals surface area contributed by atoms with Crippen molar-refractivity contribution < 1.29 is 14.0 Å². The first-order valence-electron chi connectivity index (χ1n) is 17.6. The molecule has 3 saturated heterocycles. The number of imide groups is 1. The molecule has 11 heteroatoms. The molecule has 6 heterocycles. The molecule has 0 saturated carbocycles. The topological polar surface area (TPSA) is 99.0 Å². The summed E-state index contributed by atoms with van der Waals surface area (Å²) in [7, 11) is 2.18. The Morgan fingerprint density at radius 1 is 0.880 bits per heavy atom. The largest absolute Gasteiger partial charge is 0.356 e. The minimum atomic E-state index is -0.256. The number of piperidine rings is 2. The van der Waals surface area contributed by atoms with Crippen LogP contribution in [0.1, 0.15) is 67.2 Å². The van der Waals surface area contributed by atoms with Gasteiger partial charge in [-0.2, -0.15) is 0 Å². The molecule has 50 heavy (non-hydrogen) atoms. The fourth-order valence-corrected chi connectivity index (χ4v) is 7.85. The number of nitrogens with zero attached hydrogens (tertiary/aromatic N) is 7. The summed E-state index contributed by atoms with van der Waals surface area (Å²) < 4.78 is 15.9. The van der Waals surface area contributed by atoms with Crippen molar-refractivity contribution in [2.24, 2.45) is 0 Å². The van der Waals surface area contributed by atoms with Gasteiger partial charge in [-0.25, -0.2) is 18.9 Å². The molecule has 3 aromatic heterocycles. The first-order chi connectivity index (χ1) is 24.4. The molecule has 1 unspecified atom stereocenters. The van der Waals surface area contributed by atoms with E-state index in [-0.39, 0.29) is 29.6 Å². The SMILES string of the molecule is CN(Cc1ccc(C2CCC(=O)NC2=O)cc1)C1CCN(c2cccc(-c3cnc4ccc(N5CCC[C@@H]5c5cccc(F)c5)nn34)n2)CC1. The second-order valence-corrected chi connectivity index (χ2v) is 13.8. The highest BCUT2D eigenvalue weighted by Crippen LogP contribution is 2.36. The summed E-state index contributed by atoms with van der Waals surface area (Å²) in [6.45, 7) is 3.51. The van der Waals surface area contributed by atoms with Crippen LogP contribution in [0.3, 0.4) is 0 Å². The molecule has 2 amide bonds. The summed E-state index contributed by atoms with van der Waals surface area (Å²) in [6.07, 6.45) is 6.82. The van der Waals surface area contributed by atoms with Crippen LogP contribution in [-0.4, -0.2) is 69.0 Å². The maximum Gasteiger partial charge on any atom is 0.234 e. The smallest absolute Gasteiger partial charge is 0.234 e. The first kappa shape index (κ1) is 32.1. The standard InChI is InChI=1S/C39H41FN8O2/c1-45(25-26-10-12-27(13-11-26)31-14-17-38(49)43-39(31)50)30-18-21-46(22-19-30)36-9-3-7-32(42-36)34-24-41-35-15-16-37(44-48(34)35)47-20-4-8-33(47)28-5-2-6-29(40)23-28/h2-3,5-7,9-13,15-16,23-24,30-31,33H,4,8,14,17-22,25H2,1H3,(H,43,49,50)/t31?,33-/m1/s1. The van der Waals surface area contributed by atoms with Crippen LogP contribution in [0.25, 0.3) is 17.0 Å². The molecule has 10 nitrogen and oxygen atoms in total. The number of pyridine rings is 1. The molecule has 3 fully saturated rings. The van der Waals surface area contributed by atoms with Crippen molar-refractivity contribution in [3.8, 4) is 11.4 Å². The first-order valence-corrected chi connectivity index (χ1v) is 17.6. The number of halogens is 1. The lowest BCUT2D eigenvalue weighted by atomic mass is 9.90. The predicted octanol–water partition coefficient (Wildman–Crippen LogP) is 5.89. The van der Waals surface area contributed by atoms with E-state index >= 15 is 0 Å². The Labute approximate surface area is 290 Å². The molecule has 2 aromatic carbocycles. The van der Waals surface area contributed by atoms with E-state index in [0.29, 0.717) is 18.9 Å². The monoisotopic (exact) mass is 672 g/mol. The van der Waals surface area contributed by atoms with Gasteiger partial charge in [0.25, 0.3) is 0 Å². The van der Waals surface area contributed by atoms with Gasteiger partial charge in [0.2, 0.25) is 11.8 Å². The van der Waals surface area contributed by atoms with Gasteiger partial charge in [-0.15, -0.1) is 5.10 Å². The molecule has 2 atom stereocenters. The van der Waals surface area contributed by atoms with E-state index in [1.54, 1.807) is 12.1 Å². The molecule has 5 aromatic rings. The number of carbonyl (C=O) groups is 2.